The zero-order valence-corrected chi connectivity index (χ0v) is 7.60. The fraction of sp³-hybridized carbons (Fsp3) is 0.250. The lowest BCUT2D eigenvalue weighted by Crippen LogP contribution is -2.10. The summed E-state index contributed by atoms with van der Waals surface area (Å²) in [4.78, 5) is 6.10. The molecule has 5 heteroatoms. The first kappa shape index (κ1) is 7.85. The molecule has 0 spiro atoms. The molecule has 68 valence electrons. The number of hydrogen-bond donors (Lipinski definition) is 1. The lowest BCUT2D eigenvalue weighted by molar-refractivity contribution is 0.960. The van der Waals surface area contributed by atoms with E-state index in [1.165, 1.54) is 0 Å². The van der Waals surface area contributed by atoms with Crippen molar-refractivity contribution in [2.24, 2.45) is 0 Å². The largest absolute Gasteiger partial charge is 0.375 e. The van der Waals surface area contributed by atoms with Crippen molar-refractivity contribution in [3.8, 4) is 0 Å². The SMILES string of the molecule is CN(C)c1cccn2nc(N)nc12. The number of hydrogen-bond acceptors (Lipinski definition) is 4. The zero-order chi connectivity index (χ0) is 9.42. The number of rotatable bonds is 1. The highest BCUT2D eigenvalue weighted by molar-refractivity contribution is 5.68. The van der Waals surface area contributed by atoms with Crippen LogP contribution in [0.25, 0.3) is 5.65 Å². The molecule has 2 aromatic heterocycles. The highest BCUT2D eigenvalue weighted by Gasteiger charge is 2.06. The van der Waals surface area contributed by atoms with Crippen molar-refractivity contribution in [1.82, 2.24) is 14.6 Å². The number of nitrogens with two attached hydrogens (primary N) is 1. The Morgan fingerprint density at radius 1 is 1.46 bits per heavy atom. The van der Waals surface area contributed by atoms with Crippen LogP contribution in [0.4, 0.5) is 11.6 Å². The highest BCUT2D eigenvalue weighted by atomic mass is 15.3. The van der Waals surface area contributed by atoms with Crippen LogP contribution in [0.3, 0.4) is 0 Å². The highest BCUT2D eigenvalue weighted by Crippen LogP contribution is 2.17. The van der Waals surface area contributed by atoms with Gasteiger partial charge in [0.05, 0.1) is 5.69 Å². The van der Waals surface area contributed by atoms with E-state index >= 15 is 0 Å². The van der Waals surface area contributed by atoms with Gasteiger partial charge in [0.2, 0.25) is 5.95 Å². The Balaban J connectivity index is 2.75. The lowest BCUT2D eigenvalue weighted by atomic mass is 10.4. The van der Waals surface area contributed by atoms with Crippen molar-refractivity contribution in [2.75, 3.05) is 24.7 Å². The van der Waals surface area contributed by atoms with E-state index in [-0.39, 0.29) is 0 Å². The van der Waals surface area contributed by atoms with Crippen molar-refractivity contribution in [3.05, 3.63) is 18.3 Å². The van der Waals surface area contributed by atoms with E-state index in [2.05, 4.69) is 10.1 Å². The predicted molar refractivity (Wildman–Crippen MR) is 51.7 cm³/mol. The quantitative estimate of drug-likeness (QED) is 0.684. The summed E-state index contributed by atoms with van der Waals surface area (Å²) in [5.41, 5.74) is 7.29. The molecule has 0 unspecified atom stereocenters. The molecule has 2 aromatic rings. The second-order valence-corrected chi connectivity index (χ2v) is 3.03. The van der Waals surface area contributed by atoms with Crippen LogP contribution in [0.2, 0.25) is 0 Å². The van der Waals surface area contributed by atoms with Gasteiger partial charge in [0, 0.05) is 20.3 Å². The van der Waals surface area contributed by atoms with Gasteiger partial charge in [0.1, 0.15) is 0 Å². The lowest BCUT2D eigenvalue weighted by Gasteiger charge is -2.11. The molecule has 13 heavy (non-hydrogen) atoms. The fourth-order valence-electron chi connectivity index (χ4n) is 1.26. The fourth-order valence-corrected chi connectivity index (χ4v) is 1.26. The molecule has 5 nitrogen and oxygen atoms in total. The van der Waals surface area contributed by atoms with Crippen LogP contribution < -0.4 is 10.6 Å². The Labute approximate surface area is 75.8 Å². The number of fused-ring (bicyclic) bond motifs is 1. The Kier molecular flexibility index (Phi) is 1.58. The molecule has 0 fully saturated rings. The van der Waals surface area contributed by atoms with Crippen molar-refractivity contribution in [1.29, 1.82) is 0 Å². The molecular weight excluding hydrogens is 166 g/mol. The van der Waals surface area contributed by atoms with Crippen LogP contribution in [-0.2, 0) is 0 Å². The monoisotopic (exact) mass is 177 g/mol. The molecule has 0 saturated carbocycles. The summed E-state index contributed by atoms with van der Waals surface area (Å²) in [5, 5.41) is 4.01. The Morgan fingerprint density at radius 3 is 2.92 bits per heavy atom. The third-order valence-electron chi connectivity index (χ3n) is 1.84. The van der Waals surface area contributed by atoms with Gasteiger partial charge < -0.3 is 10.6 Å². The van der Waals surface area contributed by atoms with Crippen LogP contribution in [0.5, 0.6) is 0 Å². The maximum absolute atomic E-state index is 5.50. The predicted octanol–water partition coefficient (Wildman–Crippen LogP) is 0.377. The molecule has 0 aliphatic heterocycles. The molecular formula is C8H11N5. The van der Waals surface area contributed by atoms with Crippen LogP contribution in [0, 0.1) is 0 Å². The van der Waals surface area contributed by atoms with Gasteiger partial charge in [0.25, 0.3) is 0 Å². The average Bonchev–Trinajstić information content (AvgIpc) is 2.43. The smallest absolute Gasteiger partial charge is 0.240 e. The van der Waals surface area contributed by atoms with E-state index in [9.17, 15) is 0 Å². The molecule has 2 heterocycles. The van der Waals surface area contributed by atoms with Crippen molar-refractivity contribution >= 4 is 17.3 Å². The summed E-state index contributed by atoms with van der Waals surface area (Å²) in [6.07, 6.45) is 1.83. The summed E-state index contributed by atoms with van der Waals surface area (Å²) in [7, 11) is 3.92. The second-order valence-electron chi connectivity index (χ2n) is 3.03. The molecule has 0 radical (unpaired) electrons. The average molecular weight is 177 g/mol. The summed E-state index contributed by atoms with van der Waals surface area (Å²) in [6.45, 7) is 0. The summed E-state index contributed by atoms with van der Waals surface area (Å²) in [6, 6.07) is 3.89. The van der Waals surface area contributed by atoms with Gasteiger partial charge in [-0.2, -0.15) is 4.98 Å². The molecule has 0 saturated heterocycles. The van der Waals surface area contributed by atoms with Gasteiger partial charge in [-0.25, -0.2) is 4.52 Å². The molecule has 0 atom stereocenters. The molecule has 0 aromatic carbocycles. The van der Waals surface area contributed by atoms with Crippen molar-refractivity contribution in [2.45, 2.75) is 0 Å². The maximum Gasteiger partial charge on any atom is 0.240 e. The zero-order valence-electron chi connectivity index (χ0n) is 7.60. The number of nitrogen functional groups attached to an aromatic ring is 1. The third-order valence-corrected chi connectivity index (χ3v) is 1.84. The summed E-state index contributed by atoms with van der Waals surface area (Å²) < 4.78 is 1.67. The van der Waals surface area contributed by atoms with Gasteiger partial charge in [-0.3, -0.25) is 0 Å². The number of nitrogens with zero attached hydrogens (tertiary/aromatic N) is 4. The van der Waals surface area contributed by atoms with Crippen LogP contribution in [0.1, 0.15) is 0 Å². The molecule has 0 amide bonds. The van der Waals surface area contributed by atoms with Crippen LogP contribution in [-0.4, -0.2) is 28.7 Å². The maximum atomic E-state index is 5.50. The van der Waals surface area contributed by atoms with E-state index in [0.29, 0.717) is 5.95 Å². The summed E-state index contributed by atoms with van der Waals surface area (Å²) >= 11 is 0. The minimum Gasteiger partial charge on any atom is -0.375 e. The number of anilines is 2. The van der Waals surface area contributed by atoms with Gasteiger partial charge in [0.15, 0.2) is 5.65 Å². The molecule has 2 N–H and O–H groups in total. The van der Waals surface area contributed by atoms with E-state index in [1.807, 2.05) is 37.3 Å². The Morgan fingerprint density at radius 2 is 2.23 bits per heavy atom. The van der Waals surface area contributed by atoms with Crippen molar-refractivity contribution in [3.63, 3.8) is 0 Å². The van der Waals surface area contributed by atoms with Gasteiger partial charge >= 0.3 is 0 Å². The Bertz CT molecular complexity index is 431. The first-order valence-corrected chi connectivity index (χ1v) is 3.96. The third kappa shape index (κ3) is 1.18. The van der Waals surface area contributed by atoms with Crippen molar-refractivity contribution < 1.29 is 0 Å². The minimum atomic E-state index is 0.300. The molecule has 0 aliphatic rings. The molecule has 0 aliphatic carbocycles. The van der Waals surface area contributed by atoms with E-state index in [0.717, 1.165) is 11.3 Å². The molecule has 0 bridgehead atoms. The first-order valence-electron chi connectivity index (χ1n) is 3.96. The van der Waals surface area contributed by atoms with Gasteiger partial charge in [-0.1, -0.05) is 0 Å². The van der Waals surface area contributed by atoms with E-state index in [1.54, 1.807) is 4.52 Å². The summed E-state index contributed by atoms with van der Waals surface area (Å²) in [5.74, 6) is 0.300. The van der Waals surface area contributed by atoms with Crippen LogP contribution >= 0.6 is 0 Å². The molecule has 2 rings (SSSR count). The normalized spacial score (nSPS) is 10.6. The topological polar surface area (TPSA) is 59.5 Å². The van der Waals surface area contributed by atoms with E-state index in [4.69, 9.17) is 5.73 Å². The first-order chi connectivity index (χ1) is 6.18. The van der Waals surface area contributed by atoms with Gasteiger partial charge in [-0.15, -0.1) is 5.10 Å². The van der Waals surface area contributed by atoms with Gasteiger partial charge in [-0.05, 0) is 12.1 Å². The number of pyridine rings is 1. The second kappa shape index (κ2) is 2.62. The van der Waals surface area contributed by atoms with E-state index < -0.39 is 0 Å². The standard InChI is InChI=1S/C8H11N5/c1-12(2)6-4-3-5-13-7(6)10-8(9)11-13/h3-5H,1-2H3,(H2,9,11). The number of aromatic nitrogens is 3. The minimum absolute atomic E-state index is 0.300. The Hall–Kier alpha value is -1.78. The van der Waals surface area contributed by atoms with Crippen LogP contribution in [0.15, 0.2) is 18.3 Å².